The van der Waals surface area contributed by atoms with Crippen molar-refractivity contribution in [3.8, 4) is 5.75 Å². The lowest BCUT2D eigenvalue weighted by atomic mass is 9.91. The Hall–Kier alpha value is -2.45. The highest BCUT2D eigenvalue weighted by Gasteiger charge is 2.18. The number of aryl methyl sites for hydroxylation is 1. The zero-order valence-corrected chi connectivity index (χ0v) is 32.9. The number of aldehydes is 2. The molecule has 0 unspecified atom stereocenters. The molecule has 286 valence electrons. The van der Waals surface area contributed by atoms with Crippen LogP contribution in [-0.2, 0) is 9.59 Å². The average molecular weight is 692 g/mol. The van der Waals surface area contributed by atoms with Crippen LogP contribution in [0.1, 0.15) is 148 Å². The summed E-state index contributed by atoms with van der Waals surface area (Å²) in [6.45, 7) is 28.9. The molecule has 0 bridgehead atoms. The van der Waals surface area contributed by atoms with Crippen LogP contribution >= 0.6 is 0 Å². The molecule has 0 aliphatic heterocycles. The Bertz CT molecular complexity index is 946. The summed E-state index contributed by atoms with van der Waals surface area (Å²) in [7, 11) is 2.06. The first-order valence-corrected chi connectivity index (χ1v) is 17.2. The van der Waals surface area contributed by atoms with Crippen molar-refractivity contribution < 1.29 is 32.6 Å². The van der Waals surface area contributed by atoms with Crippen LogP contribution in [0.2, 0.25) is 0 Å². The molecule has 0 amide bonds. The average Bonchev–Trinajstić information content (AvgIpc) is 3.02. The fraction of sp³-hybridized carbons (Fsp3) is 0.700. The van der Waals surface area contributed by atoms with Crippen LogP contribution in [0.25, 0.3) is 0 Å². The van der Waals surface area contributed by atoms with E-state index in [0.717, 1.165) is 31.0 Å². The molecule has 8 heteroatoms. The van der Waals surface area contributed by atoms with Gasteiger partial charge in [0.15, 0.2) is 0 Å². The van der Waals surface area contributed by atoms with Crippen molar-refractivity contribution in [2.75, 3.05) is 13.7 Å². The van der Waals surface area contributed by atoms with Gasteiger partial charge in [0.05, 0.1) is 5.60 Å². The molecule has 0 radical (unpaired) electrons. The Kier molecular flexibility index (Phi) is 43.2. The minimum absolute atomic E-state index is 0. The number of halogens is 3. The maximum Gasteiger partial charge on any atom is 0.272 e. The van der Waals surface area contributed by atoms with E-state index in [-0.39, 0.29) is 19.0 Å². The van der Waals surface area contributed by atoms with E-state index in [1.807, 2.05) is 61.5 Å². The van der Waals surface area contributed by atoms with Crippen LogP contribution in [0.5, 0.6) is 5.75 Å². The molecule has 1 aliphatic rings. The van der Waals surface area contributed by atoms with Crippen molar-refractivity contribution in [1.29, 1.82) is 0 Å². The minimum atomic E-state index is -2.51. The molecule has 0 saturated carbocycles. The predicted octanol–water partition coefficient (Wildman–Crippen LogP) is 11.9. The number of aliphatic hydroxyl groups is 1. The van der Waals surface area contributed by atoms with Gasteiger partial charge in [-0.05, 0) is 116 Å². The number of carbonyl (C=O) groups is 2. The topological polar surface area (TPSA) is 75.6 Å². The van der Waals surface area contributed by atoms with Gasteiger partial charge in [-0.1, -0.05) is 92.9 Å². The Morgan fingerprint density at radius 3 is 1.69 bits per heavy atom. The lowest BCUT2D eigenvalue weighted by Crippen LogP contribution is -2.39. The zero-order valence-electron chi connectivity index (χ0n) is 32.9. The molecule has 0 spiro atoms. The van der Waals surface area contributed by atoms with Crippen LogP contribution in [0.15, 0.2) is 41.0 Å². The molecular weight excluding hydrogens is 615 g/mol. The van der Waals surface area contributed by atoms with Gasteiger partial charge in [-0.3, -0.25) is 4.79 Å². The second kappa shape index (κ2) is 35.8. The first-order valence-electron chi connectivity index (χ1n) is 17.2. The lowest BCUT2D eigenvalue weighted by molar-refractivity contribution is -0.106. The normalized spacial score (nSPS) is 11.7. The molecule has 1 aromatic carbocycles. The number of hydrogen-bond donors (Lipinski definition) is 2. The molecule has 0 atom stereocenters. The second-order valence-corrected chi connectivity index (χ2v) is 11.8. The van der Waals surface area contributed by atoms with Crippen molar-refractivity contribution in [2.24, 2.45) is 5.92 Å². The number of allylic oxidation sites excluding steroid dienone is 4. The standard InChI is InChI=1S/C9H9F3O.C9H21N.C9H12O.C6H14O.C2H4O.2C2H6.CH4/c1-6-4-7(2-3-8(6)10)13-5-9(11)12;1-5-7-9(3,10-4)8-6-2;1-7-3-4-9(6-10)5-8(7)2;1-5(2)6(3,4)7;1-2-3;2*1-2;/h2-4,9H,5H2,1H3;10H,5-8H2,1-4H3;5-6H,3-4H2,1-2H3;5,7H,1-4H3;2H,1H3;2*1-2H3;1H4. The van der Waals surface area contributed by atoms with Crippen LogP contribution < -0.4 is 10.1 Å². The number of benzene rings is 1. The summed E-state index contributed by atoms with van der Waals surface area (Å²) in [6, 6.07) is 3.90. The third-order valence-corrected chi connectivity index (χ3v) is 7.14. The van der Waals surface area contributed by atoms with Crippen molar-refractivity contribution in [3.05, 3.63) is 52.4 Å². The SMILES string of the molecule is C.CC.CC.CC(C)C(C)(C)O.CC1=C(C)CCC(C=O)=C1.CC=O.CCCC(C)(CCC)NC.Cc1cc(OCC(F)F)ccc1F. The maximum atomic E-state index is 12.7. The highest BCUT2D eigenvalue weighted by molar-refractivity contribution is 5.75. The molecule has 0 fully saturated rings. The highest BCUT2D eigenvalue weighted by atomic mass is 19.3. The predicted molar refractivity (Wildman–Crippen MR) is 204 cm³/mol. The summed E-state index contributed by atoms with van der Waals surface area (Å²) in [5.74, 6) is 0.246. The third kappa shape index (κ3) is 34.9. The quantitative estimate of drug-likeness (QED) is 0.239. The van der Waals surface area contributed by atoms with E-state index in [2.05, 4.69) is 51.7 Å². The fourth-order valence-electron chi connectivity index (χ4n) is 3.44. The van der Waals surface area contributed by atoms with E-state index >= 15 is 0 Å². The molecule has 0 saturated heterocycles. The summed E-state index contributed by atoms with van der Waals surface area (Å²) < 4.78 is 40.8. The van der Waals surface area contributed by atoms with Crippen molar-refractivity contribution >= 4 is 12.6 Å². The van der Waals surface area contributed by atoms with Crippen LogP contribution in [-0.4, -0.2) is 48.9 Å². The number of carbonyl (C=O) groups excluding carboxylic acids is 2. The van der Waals surface area contributed by atoms with Gasteiger partial charge in [0.25, 0.3) is 6.43 Å². The Balaban J connectivity index is -0.000000116. The number of hydrogen-bond acceptors (Lipinski definition) is 5. The van der Waals surface area contributed by atoms with E-state index in [9.17, 15) is 18.0 Å². The van der Waals surface area contributed by atoms with Gasteiger partial charge in [-0.25, -0.2) is 13.2 Å². The van der Waals surface area contributed by atoms with Gasteiger partial charge < -0.3 is 20.0 Å². The molecular formula is C40H76F3NO4. The van der Waals surface area contributed by atoms with Crippen LogP contribution in [0, 0.1) is 18.7 Å². The maximum absolute atomic E-state index is 12.7. The number of ether oxygens (including phenoxy) is 1. The van der Waals surface area contributed by atoms with Gasteiger partial charge >= 0.3 is 0 Å². The number of rotatable bonds is 10. The number of alkyl halides is 2. The molecule has 5 nitrogen and oxygen atoms in total. The number of nitrogens with one attached hydrogen (secondary N) is 1. The molecule has 1 aromatic rings. The Morgan fingerprint density at radius 1 is 0.958 bits per heavy atom. The lowest BCUT2D eigenvalue weighted by Gasteiger charge is -2.28. The van der Waals surface area contributed by atoms with Crippen molar-refractivity contribution in [1.82, 2.24) is 5.32 Å². The zero-order chi connectivity index (χ0) is 38.2. The highest BCUT2D eigenvalue weighted by Crippen LogP contribution is 2.21. The smallest absolute Gasteiger partial charge is 0.272 e. The van der Waals surface area contributed by atoms with E-state index in [0.29, 0.717) is 17.0 Å². The summed E-state index contributed by atoms with van der Waals surface area (Å²) in [5.41, 5.74) is 3.87. The molecule has 1 aliphatic carbocycles. The third-order valence-electron chi connectivity index (χ3n) is 7.14. The molecule has 2 rings (SSSR count). The molecule has 48 heavy (non-hydrogen) atoms. The van der Waals surface area contributed by atoms with Crippen LogP contribution in [0.4, 0.5) is 13.2 Å². The summed E-state index contributed by atoms with van der Waals surface area (Å²) in [4.78, 5) is 19.1. The van der Waals surface area contributed by atoms with Crippen molar-refractivity contribution in [3.63, 3.8) is 0 Å². The first kappa shape index (κ1) is 57.8. The minimum Gasteiger partial charge on any atom is -0.488 e. The summed E-state index contributed by atoms with van der Waals surface area (Å²) >= 11 is 0. The van der Waals surface area contributed by atoms with Gasteiger partial charge in [0.2, 0.25) is 0 Å². The molecule has 0 heterocycles. The second-order valence-electron chi connectivity index (χ2n) is 11.8. The van der Waals surface area contributed by atoms with Gasteiger partial charge in [-0.2, -0.15) is 0 Å². The van der Waals surface area contributed by atoms with E-state index in [4.69, 9.17) is 9.90 Å². The molecule has 0 aromatic heterocycles. The summed E-state index contributed by atoms with van der Waals surface area (Å²) in [5, 5.41) is 12.5. The summed E-state index contributed by atoms with van der Waals surface area (Å²) in [6.07, 6.45) is 8.28. The Morgan fingerprint density at radius 2 is 1.40 bits per heavy atom. The first-order chi connectivity index (χ1) is 21.9. The molecule has 2 N–H and O–H groups in total. The largest absolute Gasteiger partial charge is 0.488 e. The van der Waals surface area contributed by atoms with E-state index in [1.54, 1.807) is 6.92 Å². The van der Waals surface area contributed by atoms with Crippen LogP contribution in [0.3, 0.4) is 0 Å². The van der Waals surface area contributed by atoms with Crippen molar-refractivity contribution in [2.45, 2.75) is 167 Å². The van der Waals surface area contributed by atoms with Gasteiger partial charge in [0.1, 0.15) is 30.7 Å². The van der Waals surface area contributed by atoms with Gasteiger partial charge in [0, 0.05) is 5.54 Å². The van der Waals surface area contributed by atoms with E-state index < -0.39 is 18.6 Å². The van der Waals surface area contributed by atoms with E-state index in [1.165, 1.54) is 62.0 Å². The van der Waals surface area contributed by atoms with Gasteiger partial charge in [-0.15, -0.1) is 0 Å². The fourth-order valence-corrected chi connectivity index (χ4v) is 3.44. The Labute approximate surface area is 295 Å². The monoisotopic (exact) mass is 692 g/mol.